The van der Waals surface area contributed by atoms with Crippen LogP contribution in [0.4, 0.5) is 4.39 Å². The quantitative estimate of drug-likeness (QED) is 0.938. The molecule has 0 saturated carbocycles. The second kappa shape index (κ2) is 6.13. The van der Waals surface area contributed by atoms with Gasteiger partial charge in [0.2, 0.25) is 0 Å². The SMILES string of the molecule is CS(=O)(=O)c1cccc(C(O)Cc2cc(F)ccc2Cl)c1. The maximum Gasteiger partial charge on any atom is 0.175 e. The third-order valence-electron chi connectivity index (χ3n) is 3.09. The highest BCUT2D eigenvalue weighted by atomic mass is 35.5. The molecule has 112 valence electrons. The molecule has 1 unspecified atom stereocenters. The van der Waals surface area contributed by atoms with Gasteiger partial charge in [-0.05, 0) is 41.5 Å². The Balaban J connectivity index is 2.28. The predicted octanol–water partition coefficient (Wildman–Crippen LogP) is 3.16. The highest BCUT2D eigenvalue weighted by Gasteiger charge is 2.14. The van der Waals surface area contributed by atoms with E-state index in [1.54, 1.807) is 12.1 Å². The Labute approximate surface area is 127 Å². The van der Waals surface area contributed by atoms with Gasteiger partial charge < -0.3 is 5.11 Å². The van der Waals surface area contributed by atoms with Crippen molar-refractivity contribution in [2.45, 2.75) is 17.4 Å². The number of hydrogen-bond acceptors (Lipinski definition) is 3. The molecule has 2 rings (SSSR count). The first-order valence-electron chi connectivity index (χ1n) is 6.19. The molecular formula is C15H14ClFO3S. The third kappa shape index (κ3) is 4.03. The Morgan fingerprint density at radius 2 is 1.95 bits per heavy atom. The Morgan fingerprint density at radius 1 is 1.24 bits per heavy atom. The van der Waals surface area contributed by atoms with Gasteiger partial charge in [0.15, 0.2) is 9.84 Å². The lowest BCUT2D eigenvalue weighted by atomic mass is 10.0. The average Bonchev–Trinajstić information content (AvgIpc) is 2.42. The van der Waals surface area contributed by atoms with E-state index in [9.17, 15) is 17.9 Å². The van der Waals surface area contributed by atoms with Crippen LogP contribution in [0.2, 0.25) is 5.02 Å². The molecule has 0 saturated heterocycles. The second-order valence-electron chi connectivity index (χ2n) is 4.80. The van der Waals surface area contributed by atoms with E-state index >= 15 is 0 Å². The fourth-order valence-electron chi connectivity index (χ4n) is 1.98. The van der Waals surface area contributed by atoms with Gasteiger partial charge in [0.05, 0.1) is 11.0 Å². The van der Waals surface area contributed by atoms with Gasteiger partial charge in [0.25, 0.3) is 0 Å². The van der Waals surface area contributed by atoms with E-state index in [0.717, 1.165) is 6.26 Å². The van der Waals surface area contributed by atoms with Crippen LogP contribution in [0, 0.1) is 5.82 Å². The molecule has 0 fully saturated rings. The molecule has 3 nitrogen and oxygen atoms in total. The lowest BCUT2D eigenvalue weighted by Gasteiger charge is -2.13. The standard InChI is InChI=1S/C15H14ClFO3S/c1-21(19,20)13-4-2-3-10(8-13)15(18)9-11-7-12(17)5-6-14(11)16/h2-8,15,18H,9H2,1H3. The summed E-state index contributed by atoms with van der Waals surface area (Å²) in [6.45, 7) is 0. The van der Waals surface area contributed by atoms with Crippen LogP contribution in [-0.4, -0.2) is 19.8 Å². The van der Waals surface area contributed by atoms with Crippen molar-refractivity contribution >= 4 is 21.4 Å². The zero-order valence-corrected chi connectivity index (χ0v) is 12.8. The zero-order valence-electron chi connectivity index (χ0n) is 11.3. The van der Waals surface area contributed by atoms with Gasteiger partial charge in [-0.3, -0.25) is 0 Å². The van der Waals surface area contributed by atoms with Crippen molar-refractivity contribution in [2.24, 2.45) is 0 Å². The topological polar surface area (TPSA) is 54.4 Å². The van der Waals surface area contributed by atoms with Crippen LogP contribution < -0.4 is 0 Å². The van der Waals surface area contributed by atoms with Crippen molar-refractivity contribution in [3.63, 3.8) is 0 Å². The minimum atomic E-state index is -3.34. The van der Waals surface area contributed by atoms with Gasteiger partial charge >= 0.3 is 0 Å². The monoisotopic (exact) mass is 328 g/mol. The van der Waals surface area contributed by atoms with E-state index < -0.39 is 21.8 Å². The molecule has 6 heteroatoms. The van der Waals surface area contributed by atoms with Crippen molar-refractivity contribution in [1.29, 1.82) is 0 Å². The largest absolute Gasteiger partial charge is 0.388 e. The van der Waals surface area contributed by atoms with Gasteiger partial charge in [-0.1, -0.05) is 23.7 Å². The summed E-state index contributed by atoms with van der Waals surface area (Å²) >= 11 is 5.96. The molecule has 1 atom stereocenters. The number of aliphatic hydroxyl groups is 1. The van der Waals surface area contributed by atoms with Gasteiger partial charge in [0, 0.05) is 17.7 Å². The molecule has 0 bridgehead atoms. The number of rotatable bonds is 4. The number of sulfone groups is 1. The highest BCUT2D eigenvalue weighted by molar-refractivity contribution is 7.90. The summed E-state index contributed by atoms with van der Waals surface area (Å²) in [4.78, 5) is 0.129. The van der Waals surface area contributed by atoms with Crippen LogP contribution in [0.3, 0.4) is 0 Å². The van der Waals surface area contributed by atoms with Gasteiger partial charge in [-0.25, -0.2) is 12.8 Å². The molecular weight excluding hydrogens is 315 g/mol. The van der Waals surface area contributed by atoms with Crippen LogP contribution in [0.1, 0.15) is 17.2 Å². The molecule has 0 heterocycles. The smallest absolute Gasteiger partial charge is 0.175 e. The molecule has 0 aliphatic rings. The third-order valence-corrected chi connectivity index (χ3v) is 4.57. The lowest BCUT2D eigenvalue weighted by Crippen LogP contribution is -2.05. The summed E-state index contributed by atoms with van der Waals surface area (Å²) in [6.07, 6.45) is 0.233. The summed E-state index contributed by atoms with van der Waals surface area (Å²) in [5.41, 5.74) is 0.909. The molecule has 0 spiro atoms. The van der Waals surface area contributed by atoms with Crippen molar-refractivity contribution in [3.05, 3.63) is 64.4 Å². The Kier molecular flexibility index (Phi) is 4.66. The van der Waals surface area contributed by atoms with E-state index in [1.165, 1.54) is 30.3 Å². The molecule has 0 amide bonds. The molecule has 0 aliphatic carbocycles. The van der Waals surface area contributed by atoms with E-state index in [-0.39, 0.29) is 11.3 Å². The van der Waals surface area contributed by atoms with Crippen molar-refractivity contribution < 1.29 is 17.9 Å². The first-order valence-corrected chi connectivity index (χ1v) is 8.46. The molecule has 2 aromatic rings. The van der Waals surface area contributed by atoms with Gasteiger partial charge in [0.1, 0.15) is 5.82 Å². The summed E-state index contributed by atoms with van der Waals surface area (Å²) in [5, 5.41) is 10.6. The molecule has 2 aromatic carbocycles. The highest BCUT2D eigenvalue weighted by Crippen LogP contribution is 2.25. The summed E-state index contributed by atoms with van der Waals surface area (Å²) in [7, 11) is -3.34. The molecule has 0 aromatic heterocycles. The summed E-state index contributed by atoms with van der Waals surface area (Å²) in [5.74, 6) is -0.438. The van der Waals surface area contributed by atoms with Crippen LogP contribution in [0.5, 0.6) is 0 Å². The van der Waals surface area contributed by atoms with Crippen molar-refractivity contribution in [3.8, 4) is 0 Å². The number of aliphatic hydroxyl groups excluding tert-OH is 1. The van der Waals surface area contributed by atoms with E-state index in [2.05, 4.69) is 0 Å². The second-order valence-corrected chi connectivity index (χ2v) is 7.22. The van der Waals surface area contributed by atoms with E-state index in [4.69, 9.17) is 11.6 Å². The Morgan fingerprint density at radius 3 is 2.62 bits per heavy atom. The van der Waals surface area contributed by atoms with Crippen LogP contribution in [0.25, 0.3) is 0 Å². The number of benzene rings is 2. The normalized spacial score (nSPS) is 13.1. The average molecular weight is 329 g/mol. The minimum Gasteiger partial charge on any atom is -0.388 e. The lowest BCUT2D eigenvalue weighted by molar-refractivity contribution is 0.178. The fraction of sp³-hybridized carbons (Fsp3) is 0.200. The van der Waals surface area contributed by atoms with Crippen molar-refractivity contribution in [2.75, 3.05) is 6.26 Å². The first-order chi connectivity index (χ1) is 9.77. The van der Waals surface area contributed by atoms with E-state index in [1.807, 2.05) is 0 Å². The predicted molar refractivity (Wildman–Crippen MR) is 79.6 cm³/mol. The van der Waals surface area contributed by atoms with Gasteiger partial charge in [-0.2, -0.15) is 0 Å². The fourth-order valence-corrected chi connectivity index (χ4v) is 2.85. The zero-order chi connectivity index (χ0) is 15.6. The Hall–Kier alpha value is -1.43. The van der Waals surface area contributed by atoms with Crippen LogP contribution in [-0.2, 0) is 16.3 Å². The van der Waals surface area contributed by atoms with Crippen LogP contribution in [0.15, 0.2) is 47.4 Å². The molecule has 0 aliphatic heterocycles. The maximum atomic E-state index is 13.2. The summed E-state index contributed by atoms with van der Waals surface area (Å²) < 4.78 is 36.2. The van der Waals surface area contributed by atoms with Crippen LogP contribution >= 0.6 is 11.6 Å². The van der Waals surface area contributed by atoms with E-state index in [0.29, 0.717) is 16.1 Å². The molecule has 1 N–H and O–H groups in total. The molecule has 0 radical (unpaired) electrons. The number of halogens is 2. The Bertz CT molecular complexity index is 759. The number of hydrogen-bond donors (Lipinski definition) is 1. The maximum absolute atomic E-state index is 13.2. The summed E-state index contributed by atoms with van der Waals surface area (Å²) in [6, 6.07) is 9.96. The minimum absolute atomic E-state index is 0.101. The van der Waals surface area contributed by atoms with Gasteiger partial charge in [-0.15, -0.1) is 0 Å². The first kappa shape index (κ1) is 15.9. The van der Waals surface area contributed by atoms with Crippen molar-refractivity contribution in [1.82, 2.24) is 0 Å². The molecule has 21 heavy (non-hydrogen) atoms.